The molecule has 2 heterocycles. The fourth-order valence-corrected chi connectivity index (χ4v) is 2.97. The Morgan fingerprint density at radius 3 is 3.00 bits per heavy atom. The number of hydrogen-bond donors (Lipinski definition) is 2. The van der Waals surface area contributed by atoms with Crippen LogP contribution in [-0.2, 0) is 0 Å². The van der Waals surface area contributed by atoms with Gasteiger partial charge in [0.15, 0.2) is 16.9 Å². The van der Waals surface area contributed by atoms with E-state index in [1.54, 1.807) is 19.4 Å². The lowest BCUT2D eigenvalue weighted by molar-refractivity contribution is 0.278. The Morgan fingerprint density at radius 1 is 1.32 bits per heavy atom. The molecule has 2 N–H and O–H groups in total. The summed E-state index contributed by atoms with van der Waals surface area (Å²) in [5.41, 5.74) is 0.746. The number of H-pyrrole nitrogens is 1. The first-order chi connectivity index (χ1) is 10.8. The lowest BCUT2D eigenvalue weighted by Crippen LogP contribution is -2.10. The molecule has 118 valence electrons. The van der Waals surface area contributed by atoms with Crippen molar-refractivity contribution >= 4 is 10.9 Å². The predicted molar refractivity (Wildman–Crippen MR) is 86.8 cm³/mol. The van der Waals surface area contributed by atoms with Crippen molar-refractivity contribution in [2.45, 2.75) is 19.3 Å². The van der Waals surface area contributed by atoms with Gasteiger partial charge in [0.1, 0.15) is 0 Å². The van der Waals surface area contributed by atoms with Crippen molar-refractivity contribution in [1.82, 2.24) is 10.3 Å². The molecule has 5 heteroatoms. The molecule has 0 spiro atoms. The fourth-order valence-electron chi connectivity index (χ4n) is 2.97. The van der Waals surface area contributed by atoms with Crippen molar-refractivity contribution in [1.29, 1.82) is 0 Å². The largest absolute Gasteiger partial charge is 0.493 e. The smallest absolute Gasteiger partial charge is 0.189 e. The summed E-state index contributed by atoms with van der Waals surface area (Å²) in [5.74, 6) is 2.06. The van der Waals surface area contributed by atoms with Gasteiger partial charge < -0.3 is 19.8 Å². The molecular formula is C17H22N2O3. The van der Waals surface area contributed by atoms with E-state index in [0.717, 1.165) is 30.9 Å². The van der Waals surface area contributed by atoms with E-state index in [9.17, 15) is 4.79 Å². The first-order valence-electron chi connectivity index (χ1n) is 7.81. The minimum Gasteiger partial charge on any atom is -0.493 e. The third kappa shape index (κ3) is 3.25. The number of nitrogens with one attached hydrogen (secondary N) is 2. The molecule has 2 aromatic rings. The van der Waals surface area contributed by atoms with E-state index < -0.39 is 0 Å². The van der Waals surface area contributed by atoms with Crippen molar-refractivity contribution in [2.24, 2.45) is 5.92 Å². The Hall–Kier alpha value is -2.01. The second-order valence-electron chi connectivity index (χ2n) is 5.74. The van der Waals surface area contributed by atoms with Gasteiger partial charge in [-0.2, -0.15) is 0 Å². The number of fused-ring (bicyclic) bond motifs is 1. The molecule has 0 radical (unpaired) electrons. The van der Waals surface area contributed by atoms with Crippen LogP contribution < -0.4 is 20.2 Å². The molecule has 0 bridgehead atoms. The summed E-state index contributed by atoms with van der Waals surface area (Å²) in [6, 6.07) is 5.09. The normalized spacial score (nSPS) is 17.8. The number of aromatic nitrogens is 1. The maximum Gasteiger partial charge on any atom is 0.189 e. The number of ether oxygens (including phenoxy) is 2. The van der Waals surface area contributed by atoms with Crippen molar-refractivity contribution in [3.63, 3.8) is 0 Å². The van der Waals surface area contributed by atoms with E-state index >= 15 is 0 Å². The van der Waals surface area contributed by atoms with Crippen LogP contribution in [-0.4, -0.2) is 31.8 Å². The van der Waals surface area contributed by atoms with Crippen molar-refractivity contribution in [3.8, 4) is 11.5 Å². The Labute approximate surface area is 129 Å². The zero-order valence-corrected chi connectivity index (χ0v) is 12.9. The molecule has 22 heavy (non-hydrogen) atoms. The number of rotatable bonds is 6. The zero-order valence-electron chi connectivity index (χ0n) is 12.9. The van der Waals surface area contributed by atoms with Crippen molar-refractivity contribution < 1.29 is 9.47 Å². The highest BCUT2D eigenvalue weighted by atomic mass is 16.5. The van der Waals surface area contributed by atoms with E-state index in [1.807, 2.05) is 6.07 Å². The number of hydrogen-bond acceptors (Lipinski definition) is 4. The molecule has 1 fully saturated rings. The van der Waals surface area contributed by atoms with Gasteiger partial charge in [-0.1, -0.05) is 0 Å². The number of pyridine rings is 1. The van der Waals surface area contributed by atoms with Crippen molar-refractivity contribution in [3.05, 3.63) is 34.6 Å². The topological polar surface area (TPSA) is 63.4 Å². The number of methoxy groups -OCH3 is 1. The first-order valence-corrected chi connectivity index (χ1v) is 7.81. The summed E-state index contributed by atoms with van der Waals surface area (Å²) in [6.07, 6.45) is 5.12. The van der Waals surface area contributed by atoms with E-state index in [-0.39, 0.29) is 5.43 Å². The van der Waals surface area contributed by atoms with E-state index in [0.29, 0.717) is 23.5 Å². The molecule has 1 saturated heterocycles. The van der Waals surface area contributed by atoms with Gasteiger partial charge in [-0.25, -0.2) is 0 Å². The van der Waals surface area contributed by atoms with Crippen LogP contribution in [0.15, 0.2) is 29.2 Å². The maximum atomic E-state index is 11.8. The SMILES string of the molecule is COc1cc2c(=O)cc[nH]c2cc1OCCCC1CCNC1. The van der Waals surface area contributed by atoms with Crippen LogP contribution in [0.5, 0.6) is 11.5 Å². The van der Waals surface area contributed by atoms with Crippen LogP contribution in [0.2, 0.25) is 0 Å². The monoisotopic (exact) mass is 302 g/mol. The van der Waals surface area contributed by atoms with Gasteiger partial charge >= 0.3 is 0 Å². The molecule has 5 nitrogen and oxygen atoms in total. The van der Waals surface area contributed by atoms with Crippen LogP contribution in [0.4, 0.5) is 0 Å². The third-order valence-corrected chi connectivity index (χ3v) is 4.22. The van der Waals surface area contributed by atoms with Gasteiger partial charge in [-0.3, -0.25) is 4.79 Å². The minimum atomic E-state index is -0.0210. The van der Waals surface area contributed by atoms with E-state index in [2.05, 4.69) is 10.3 Å². The van der Waals surface area contributed by atoms with Crippen LogP contribution >= 0.6 is 0 Å². The second kappa shape index (κ2) is 6.83. The summed E-state index contributed by atoms with van der Waals surface area (Å²) in [5, 5.41) is 3.99. The maximum absolute atomic E-state index is 11.8. The van der Waals surface area contributed by atoms with E-state index in [1.165, 1.54) is 18.9 Å². The Bertz CT molecular complexity index is 690. The predicted octanol–water partition coefficient (Wildman–Crippen LogP) is 2.31. The number of aromatic amines is 1. The third-order valence-electron chi connectivity index (χ3n) is 4.22. The van der Waals surface area contributed by atoms with Gasteiger partial charge in [-0.15, -0.1) is 0 Å². The van der Waals surface area contributed by atoms with Gasteiger partial charge in [0.2, 0.25) is 0 Å². The molecule has 0 saturated carbocycles. The Balaban J connectivity index is 1.68. The molecule has 0 aliphatic carbocycles. The average Bonchev–Trinajstić information content (AvgIpc) is 3.04. The summed E-state index contributed by atoms with van der Waals surface area (Å²) in [7, 11) is 1.59. The summed E-state index contributed by atoms with van der Waals surface area (Å²) < 4.78 is 11.2. The minimum absolute atomic E-state index is 0.0210. The summed E-state index contributed by atoms with van der Waals surface area (Å²) in [4.78, 5) is 14.9. The highest BCUT2D eigenvalue weighted by molar-refractivity contribution is 5.82. The van der Waals surface area contributed by atoms with Gasteiger partial charge in [0.25, 0.3) is 0 Å². The quantitative estimate of drug-likeness (QED) is 0.804. The zero-order chi connectivity index (χ0) is 15.4. The van der Waals surface area contributed by atoms with Gasteiger partial charge in [-0.05, 0) is 44.3 Å². The standard InChI is InChI=1S/C17H22N2O3/c1-21-16-9-13-14(19-7-5-15(13)20)10-17(16)22-8-2-3-12-4-6-18-11-12/h5,7,9-10,12,18H,2-4,6,8,11H2,1H3,(H,19,20). The number of benzene rings is 1. The second-order valence-corrected chi connectivity index (χ2v) is 5.74. The Morgan fingerprint density at radius 2 is 2.23 bits per heavy atom. The van der Waals surface area contributed by atoms with Gasteiger partial charge in [0, 0.05) is 23.7 Å². The molecule has 1 aromatic carbocycles. The highest BCUT2D eigenvalue weighted by Crippen LogP contribution is 2.30. The molecule has 1 unspecified atom stereocenters. The highest BCUT2D eigenvalue weighted by Gasteiger charge is 2.14. The molecule has 1 aliphatic heterocycles. The lowest BCUT2D eigenvalue weighted by atomic mass is 10.0. The van der Waals surface area contributed by atoms with E-state index in [4.69, 9.17) is 9.47 Å². The Kier molecular flexibility index (Phi) is 4.63. The van der Waals surface area contributed by atoms with Crippen LogP contribution in [0.1, 0.15) is 19.3 Å². The van der Waals surface area contributed by atoms with Crippen LogP contribution in [0.3, 0.4) is 0 Å². The summed E-state index contributed by atoms with van der Waals surface area (Å²) >= 11 is 0. The first kappa shape index (κ1) is 14.9. The molecule has 1 atom stereocenters. The van der Waals surface area contributed by atoms with Crippen LogP contribution in [0.25, 0.3) is 10.9 Å². The van der Waals surface area contributed by atoms with Gasteiger partial charge in [0.05, 0.1) is 19.2 Å². The van der Waals surface area contributed by atoms with Crippen LogP contribution in [0, 0.1) is 5.92 Å². The molecule has 1 aromatic heterocycles. The average molecular weight is 302 g/mol. The molecule has 3 rings (SSSR count). The van der Waals surface area contributed by atoms with Crippen molar-refractivity contribution in [2.75, 3.05) is 26.8 Å². The molecule has 0 amide bonds. The summed E-state index contributed by atoms with van der Waals surface area (Å²) in [6.45, 7) is 2.92. The fraction of sp³-hybridized carbons (Fsp3) is 0.471. The molecular weight excluding hydrogens is 280 g/mol. The molecule has 1 aliphatic rings. The lowest BCUT2D eigenvalue weighted by Gasteiger charge is -2.13.